The normalized spacial score (nSPS) is 14.3. The monoisotopic (exact) mass is 801 g/mol. The molecule has 0 aliphatic rings. The highest BCUT2D eigenvalue weighted by Crippen LogP contribution is 2.43. The third-order valence-electron chi connectivity index (χ3n) is 8.37. The van der Waals surface area contributed by atoms with Crippen molar-refractivity contribution in [1.82, 2.24) is 0 Å². The number of hydrogen-bond acceptors (Lipinski definition) is 7. The van der Waals surface area contributed by atoms with Crippen LogP contribution in [-0.2, 0) is 32.7 Å². The van der Waals surface area contributed by atoms with Crippen molar-refractivity contribution in [1.29, 1.82) is 0 Å². The van der Waals surface area contributed by atoms with E-state index in [0.717, 1.165) is 70.6 Å². The predicted octanol–water partition coefficient (Wildman–Crippen LogP) is 13.7. The van der Waals surface area contributed by atoms with Crippen LogP contribution in [-0.4, -0.2) is 42.8 Å². The molecule has 0 rings (SSSR count). The third-order valence-corrected chi connectivity index (χ3v) is 9.43. The zero-order chi connectivity index (χ0) is 41.1. The fraction of sp³-hybridized carbons (Fsp3) is 0.617. The topological polar surface area (TPSA) is 108 Å². The van der Waals surface area contributed by atoms with Gasteiger partial charge in [-0.3, -0.25) is 18.6 Å². The van der Waals surface area contributed by atoms with E-state index < -0.39 is 32.5 Å². The molecule has 318 valence electrons. The summed E-state index contributed by atoms with van der Waals surface area (Å²) in [6, 6.07) is 0. The molecule has 0 aliphatic carbocycles. The lowest BCUT2D eigenvalue weighted by molar-refractivity contribution is -0.161. The minimum Gasteiger partial charge on any atom is -0.462 e. The van der Waals surface area contributed by atoms with E-state index in [1.807, 2.05) is 6.08 Å². The van der Waals surface area contributed by atoms with E-state index in [0.29, 0.717) is 19.3 Å². The molecule has 9 heteroatoms. The second-order valence-electron chi connectivity index (χ2n) is 13.6. The first-order valence-electron chi connectivity index (χ1n) is 21.5. The lowest BCUT2D eigenvalue weighted by Gasteiger charge is -2.19. The molecule has 0 aromatic heterocycles. The molecule has 0 amide bonds. The molecule has 0 heterocycles. The zero-order valence-electron chi connectivity index (χ0n) is 35.2. The first-order valence-corrected chi connectivity index (χ1v) is 23.0. The van der Waals surface area contributed by atoms with E-state index >= 15 is 0 Å². The Hall–Kier alpha value is -3.03. The molecular weight excluding hydrogens is 723 g/mol. The highest BCUT2D eigenvalue weighted by Gasteiger charge is 2.25. The minimum atomic E-state index is -4.31. The van der Waals surface area contributed by atoms with Gasteiger partial charge in [-0.2, -0.15) is 0 Å². The number of phosphoric acid groups is 1. The van der Waals surface area contributed by atoms with Crippen molar-refractivity contribution < 1.29 is 37.6 Å². The van der Waals surface area contributed by atoms with Crippen molar-refractivity contribution in [3.8, 4) is 0 Å². The van der Waals surface area contributed by atoms with E-state index in [1.165, 1.54) is 38.5 Å². The Bertz CT molecular complexity index is 1230. The van der Waals surface area contributed by atoms with Gasteiger partial charge in [0.2, 0.25) is 0 Å². The van der Waals surface area contributed by atoms with Gasteiger partial charge in [0.15, 0.2) is 6.10 Å². The van der Waals surface area contributed by atoms with Gasteiger partial charge in [0, 0.05) is 12.8 Å². The largest absolute Gasteiger partial charge is 0.472 e. The van der Waals surface area contributed by atoms with Gasteiger partial charge >= 0.3 is 19.8 Å². The van der Waals surface area contributed by atoms with Gasteiger partial charge in [0.25, 0.3) is 0 Å². The Morgan fingerprint density at radius 1 is 0.500 bits per heavy atom. The number of allylic oxidation sites excluding steroid dienone is 16. The fourth-order valence-electron chi connectivity index (χ4n) is 5.26. The van der Waals surface area contributed by atoms with Crippen molar-refractivity contribution in [3.05, 3.63) is 97.2 Å². The maximum atomic E-state index is 12.5. The van der Waals surface area contributed by atoms with Gasteiger partial charge in [0.05, 0.1) is 13.2 Å². The number of ether oxygens (including phenoxy) is 2. The molecule has 0 saturated carbocycles. The van der Waals surface area contributed by atoms with Gasteiger partial charge in [-0.15, -0.1) is 0 Å². The van der Waals surface area contributed by atoms with Crippen molar-refractivity contribution >= 4 is 19.8 Å². The van der Waals surface area contributed by atoms with Crippen LogP contribution in [0.5, 0.6) is 0 Å². The molecule has 0 radical (unpaired) electrons. The Morgan fingerprint density at radius 2 is 0.929 bits per heavy atom. The summed E-state index contributed by atoms with van der Waals surface area (Å²) in [6.45, 7) is 5.23. The molecule has 0 aromatic rings. The van der Waals surface area contributed by atoms with Crippen molar-refractivity contribution in [3.63, 3.8) is 0 Å². The van der Waals surface area contributed by atoms with E-state index in [1.54, 1.807) is 6.92 Å². The molecule has 8 nitrogen and oxygen atoms in total. The first kappa shape index (κ1) is 53.0. The average molecular weight is 801 g/mol. The van der Waals surface area contributed by atoms with Gasteiger partial charge < -0.3 is 14.4 Å². The summed E-state index contributed by atoms with van der Waals surface area (Å²) in [4.78, 5) is 34.7. The maximum Gasteiger partial charge on any atom is 0.472 e. The summed E-state index contributed by atoms with van der Waals surface area (Å²) in [7, 11) is -4.31. The summed E-state index contributed by atoms with van der Waals surface area (Å²) < 4.78 is 32.6. The highest BCUT2D eigenvalue weighted by atomic mass is 31.2. The zero-order valence-corrected chi connectivity index (χ0v) is 36.1. The number of hydrogen-bond donors (Lipinski definition) is 1. The fourth-order valence-corrected chi connectivity index (χ4v) is 6.01. The molecule has 0 fully saturated rings. The summed E-state index contributed by atoms with van der Waals surface area (Å²) in [5, 5.41) is 0. The second kappa shape index (κ2) is 41.6. The molecule has 0 saturated heterocycles. The Labute approximate surface area is 341 Å². The lowest BCUT2D eigenvalue weighted by atomic mass is 10.1. The molecule has 56 heavy (non-hydrogen) atoms. The molecule has 2 unspecified atom stereocenters. The number of carbonyl (C=O) groups is 2. The molecule has 0 spiro atoms. The van der Waals surface area contributed by atoms with Crippen LogP contribution >= 0.6 is 7.82 Å². The predicted molar refractivity (Wildman–Crippen MR) is 234 cm³/mol. The number of esters is 2. The van der Waals surface area contributed by atoms with Gasteiger partial charge in [0.1, 0.15) is 6.61 Å². The molecule has 2 atom stereocenters. The lowest BCUT2D eigenvalue weighted by Crippen LogP contribution is -2.29. The first-order chi connectivity index (χ1) is 27.3. The van der Waals surface area contributed by atoms with Crippen molar-refractivity contribution in [2.45, 2.75) is 168 Å². The number of unbranched alkanes of at least 4 members (excludes halogenated alkanes) is 10. The summed E-state index contributed by atoms with van der Waals surface area (Å²) in [5.41, 5.74) is 0. The smallest absolute Gasteiger partial charge is 0.462 e. The SMILES string of the molecule is CC/C=C\C/C=C\C/C=C\C/C=C\C/C=C\CCCC(=O)OC(COC(=O)CCCCCCCC/C=C\C/C=C\C/C=C\CCCCC)COP(=O)(O)OCC. The van der Waals surface area contributed by atoms with Crippen molar-refractivity contribution in [2.24, 2.45) is 0 Å². The van der Waals surface area contributed by atoms with E-state index in [4.69, 9.17) is 18.5 Å². The highest BCUT2D eigenvalue weighted by molar-refractivity contribution is 7.47. The van der Waals surface area contributed by atoms with E-state index in [2.05, 4.69) is 105 Å². The van der Waals surface area contributed by atoms with Gasteiger partial charge in [-0.25, -0.2) is 4.57 Å². The minimum absolute atomic E-state index is 0.0182. The third kappa shape index (κ3) is 40.6. The molecule has 0 bridgehead atoms. The van der Waals surface area contributed by atoms with Gasteiger partial charge in [-0.1, -0.05) is 150 Å². The van der Waals surface area contributed by atoms with Crippen LogP contribution < -0.4 is 0 Å². The average Bonchev–Trinajstić information content (AvgIpc) is 3.18. The van der Waals surface area contributed by atoms with E-state index in [-0.39, 0.29) is 26.1 Å². The van der Waals surface area contributed by atoms with Crippen LogP contribution in [0.2, 0.25) is 0 Å². The number of phosphoric ester groups is 1. The second-order valence-corrected chi connectivity index (χ2v) is 15.1. The van der Waals surface area contributed by atoms with Gasteiger partial charge in [-0.05, 0) is 96.8 Å². The number of rotatable bonds is 38. The van der Waals surface area contributed by atoms with Crippen molar-refractivity contribution in [2.75, 3.05) is 19.8 Å². The molecular formula is C47H77O8P. The van der Waals surface area contributed by atoms with Crippen LogP contribution in [0.4, 0.5) is 0 Å². The maximum absolute atomic E-state index is 12.5. The Kier molecular flexibility index (Phi) is 39.3. The Morgan fingerprint density at radius 3 is 1.43 bits per heavy atom. The molecule has 1 N–H and O–H groups in total. The quantitative estimate of drug-likeness (QED) is 0.0285. The van der Waals surface area contributed by atoms with Crippen LogP contribution in [0, 0.1) is 0 Å². The van der Waals surface area contributed by atoms with Crippen LogP contribution in [0.25, 0.3) is 0 Å². The molecule has 0 aromatic carbocycles. The summed E-state index contributed by atoms with van der Waals surface area (Å²) in [5.74, 6) is -0.890. The van der Waals surface area contributed by atoms with Crippen LogP contribution in [0.15, 0.2) is 97.2 Å². The van der Waals surface area contributed by atoms with Crippen LogP contribution in [0.3, 0.4) is 0 Å². The standard InChI is InChI=1S/C47H77O8P/c1-4-7-9-11-13-15-17-19-21-23-24-26-27-29-31-33-35-37-39-41-46(48)52-43-45(44-54-56(50,51)53-6-3)55-47(49)42-40-38-36-34-32-30-28-25-22-20-18-16-14-12-10-8-5-2/h8,10,13-16,19-22,24,26,28,30,34,36,45H,4-7,9,11-12,17-18,23,25,27,29,31-33,35,37-44H2,1-3H3,(H,50,51)/b10-8-,15-13-,16-14-,21-19-,22-20-,26-24-,30-28-,36-34-. The summed E-state index contributed by atoms with van der Waals surface area (Å²) in [6.07, 6.45) is 54.6. The van der Waals surface area contributed by atoms with E-state index in [9.17, 15) is 19.0 Å². The number of carbonyl (C=O) groups excluding carboxylic acids is 2. The molecule has 0 aliphatic heterocycles. The summed E-state index contributed by atoms with van der Waals surface area (Å²) >= 11 is 0. The van der Waals surface area contributed by atoms with Crippen LogP contribution in [0.1, 0.15) is 162 Å². The Balaban J connectivity index is 4.23.